The Labute approximate surface area is 140 Å². The lowest BCUT2D eigenvalue weighted by Crippen LogP contribution is -2.41. The van der Waals surface area contributed by atoms with Crippen LogP contribution in [0.2, 0.25) is 0 Å². The summed E-state index contributed by atoms with van der Waals surface area (Å²) in [6.45, 7) is 4.76. The maximum atomic E-state index is 12.5. The van der Waals surface area contributed by atoms with E-state index in [0.717, 1.165) is 11.3 Å². The zero-order valence-corrected chi connectivity index (χ0v) is 13.8. The van der Waals surface area contributed by atoms with E-state index in [0.29, 0.717) is 37.6 Å². The van der Waals surface area contributed by atoms with Crippen molar-refractivity contribution in [3.63, 3.8) is 0 Å². The van der Waals surface area contributed by atoms with Crippen molar-refractivity contribution in [1.82, 2.24) is 14.9 Å². The number of carbonyl (C=O) groups excluding carboxylic acids is 2. The van der Waals surface area contributed by atoms with Gasteiger partial charge in [-0.3, -0.25) is 14.9 Å². The van der Waals surface area contributed by atoms with Gasteiger partial charge in [0.05, 0.1) is 0 Å². The molecular weight excluding hydrogens is 308 g/mol. The van der Waals surface area contributed by atoms with Crippen molar-refractivity contribution < 1.29 is 14.0 Å². The summed E-state index contributed by atoms with van der Waals surface area (Å²) in [7, 11) is 0. The van der Waals surface area contributed by atoms with Gasteiger partial charge in [-0.25, -0.2) is 9.97 Å². The van der Waals surface area contributed by atoms with Gasteiger partial charge in [-0.05, 0) is 38.8 Å². The number of furan rings is 1. The second-order valence-electron chi connectivity index (χ2n) is 6.00. The Kier molecular flexibility index (Phi) is 4.59. The highest BCUT2D eigenvalue weighted by molar-refractivity contribution is 5.94. The number of anilines is 1. The Morgan fingerprint density at radius 3 is 2.46 bits per heavy atom. The zero-order valence-electron chi connectivity index (χ0n) is 13.8. The van der Waals surface area contributed by atoms with Crippen LogP contribution in [0.25, 0.3) is 0 Å². The van der Waals surface area contributed by atoms with Crippen LogP contribution in [-0.4, -0.2) is 39.8 Å². The molecule has 0 bridgehead atoms. The first kappa shape index (κ1) is 16.2. The molecule has 1 aliphatic heterocycles. The summed E-state index contributed by atoms with van der Waals surface area (Å²) in [5, 5.41) is 2.72. The van der Waals surface area contributed by atoms with Crippen LogP contribution in [0.1, 0.15) is 34.7 Å². The molecular formula is C17H20N4O3. The maximum Gasteiger partial charge on any atom is 0.289 e. The minimum Gasteiger partial charge on any atom is -0.456 e. The summed E-state index contributed by atoms with van der Waals surface area (Å²) in [6.07, 6.45) is 4.39. The number of piperidine rings is 1. The normalized spacial score (nSPS) is 15.3. The van der Waals surface area contributed by atoms with Gasteiger partial charge in [0.2, 0.25) is 11.9 Å². The molecule has 0 atom stereocenters. The van der Waals surface area contributed by atoms with Gasteiger partial charge in [0.1, 0.15) is 5.76 Å². The van der Waals surface area contributed by atoms with E-state index in [1.807, 2.05) is 19.9 Å². The lowest BCUT2D eigenvalue weighted by atomic mass is 9.95. The van der Waals surface area contributed by atoms with Crippen LogP contribution in [0, 0.1) is 19.8 Å². The Hall–Kier alpha value is -2.70. The minimum absolute atomic E-state index is 0.0988. The van der Waals surface area contributed by atoms with Gasteiger partial charge >= 0.3 is 0 Å². The summed E-state index contributed by atoms with van der Waals surface area (Å²) in [6, 6.07) is 3.55. The second-order valence-corrected chi connectivity index (χ2v) is 6.00. The molecule has 0 radical (unpaired) electrons. The first-order chi connectivity index (χ1) is 11.5. The van der Waals surface area contributed by atoms with Crippen LogP contribution in [0.3, 0.4) is 0 Å². The summed E-state index contributed by atoms with van der Waals surface area (Å²) >= 11 is 0. The molecule has 0 saturated carbocycles. The molecule has 0 spiro atoms. The molecule has 7 heteroatoms. The number of aromatic nitrogens is 2. The minimum atomic E-state index is -0.141. The smallest absolute Gasteiger partial charge is 0.289 e. The van der Waals surface area contributed by atoms with E-state index in [1.54, 1.807) is 23.4 Å². The average molecular weight is 328 g/mol. The molecule has 1 aliphatic rings. The predicted molar refractivity (Wildman–Crippen MR) is 87.5 cm³/mol. The van der Waals surface area contributed by atoms with Crippen molar-refractivity contribution in [2.45, 2.75) is 26.7 Å². The number of hydrogen-bond donors (Lipinski definition) is 1. The highest BCUT2D eigenvalue weighted by atomic mass is 16.4. The predicted octanol–water partition coefficient (Wildman–Crippen LogP) is 2.18. The molecule has 1 saturated heterocycles. The number of rotatable bonds is 3. The molecule has 126 valence electrons. The van der Waals surface area contributed by atoms with Crippen molar-refractivity contribution in [2.75, 3.05) is 18.4 Å². The maximum absolute atomic E-state index is 12.5. The molecule has 2 amide bonds. The first-order valence-electron chi connectivity index (χ1n) is 7.99. The van der Waals surface area contributed by atoms with Crippen molar-refractivity contribution in [2.24, 2.45) is 5.92 Å². The van der Waals surface area contributed by atoms with E-state index in [9.17, 15) is 9.59 Å². The molecule has 1 fully saturated rings. The van der Waals surface area contributed by atoms with Crippen LogP contribution in [0.15, 0.2) is 28.9 Å². The molecule has 2 aromatic heterocycles. The molecule has 3 heterocycles. The molecule has 0 unspecified atom stereocenters. The summed E-state index contributed by atoms with van der Waals surface area (Å²) in [5.74, 6) is 1.09. The summed E-state index contributed by atoms with van der Waals surface area (Å²) in [4.78, 5) is 34.5. The lowest BCUT2D eigenvalue weighted by molar-refractivity contribution is -0.121. The largest absolute Gasteiger partial charge is 0.456 e. The van der Waals surface area contributed by atoms with Gasteiger partial charge < -0.3 is 9.32 Å². The van der Waals surface area contributed by atoms with Crippen LogP contribution in [0.5, 0.6) is 0 Å². The molecule has 24 heavy (non-hydrogen) atoms. The van der Waals surface area contributed by atoms with Crippen molar-refractivity contribution in [3.8, 4) is 0 Å². The number of hydrogen-bond acceptors (Lipinski definition) is 5. The summed E-state index contributed by atoms with van der Waals surface area (Å²) in [5.41, 5.74) is 0.846. The van der Waals surface area contributed by atoms with E-state index < -0.39 is 0 Å². The number of carbonyl (C=O) groups is 2. The molecule has 0 aromatic carbocycles. The van der Waals surface area contributed by atoms with Gasteiger partial charge in [0.25, 0.3) is 5.91 Å². The van der Waals surface area contributed by atoms with Gasteiger partial charge in [0.15, 0.2) is 5.76 Å². The fraction of sp³-hybridized carbons (Fsp3) is 0.412. The van der Waals surface area contributed by atoms with Crippen molar-refractivity contribution in [1.29, 1.82) is 0 Å². The van der Waals surface area contributed by atoms with Crippen LogP contribution in [0.4, 0.5) is 5.95 Å². The standard InChI is InChI=1S/C17H20N4O3/c1-11-10-12(2)24-14(11)16(23)21-8-4-13(5-9-21)15(22)20-17-18-6-3-7-19-17/h3,6-7,10,13H,4-5,8-9H2,1-2H3,(H,18,19,20,22). The van der Waals surface area contributed by atoms with Crippen molar-refractivity contribution >= 4 is 17.8 Å². The van der Waals surface area contributed by atoms with E-state index >= 15 is 0 Å². The van der Waals surface area contributed by atoms with Crippen LogP contribution >= 0.6 is 0 Å². The van der Waals surface area contributed by atoms with Gasteiger partial charge in [-0.2, -0.15) is 0 Å². The first-order valence-corrected chi connectivity index (χ1v) is 7.99. The Morgan fingerprint density at radius 2 is 1.88 bits per heavy atom. The van der Waals surface area contributed by atoms with Crippen molar-refractivity contribution in [3.05, 3.63) is 41.6 Å². The van der Waals surface area contributed by atoms with Crippen LogP contribution in [-0.2, 0) is 4.79 Å². The van der Waals surface area contributed by atoms with Gasteiger partial charge in [-0.1, -0.05) is 0 Å². The topological polar surface area (TPSA) is 88.3 Å². The molecule has 1 N–H and O–H groups in total. The third-order valence-corrected chi connectivity index (χ3v) is 4.19. The van der Waals surface area contributed by atoms with E-state index in [-0.39, 0.29) is 17.7 Å². The third-order valence-electron chi connectivity index (χ3n) is 4.19. The fourth-order valence-corrected chi connectivity index (χ4v) is 2.92. The van der Waals surface area contributed by atoms with Gasteiger partial charge in [-0.15, -0.1) is 0 Å². The summed E-state index contributed by atoms with van der Waals surface area (Å²) < 4.78 is 5.50. The SMILES string of the molecule is Cc1cc(C)c(C(=O)N2CCC(C(=O)Nc3ncccn3)CC2)o1. The van der Waals surface area contributed by atoms with Gasteiger partial charge in [0, 0.05) is 37.0 Å². The monoisotopic (exact) mass is 328 g/mol. The third kappa shape index (κ3) is 3.45. The number of nitrogens with zero attached hydrogens (tertiary/aromatic N) is 3. The van der Waals surface area contributed by atoms with E-state index in [1.165, 1.54) is 0 Å². The molecule has 3 rings (SSSR count). The molecule has 2 aromatic rings. The Morgan fingerprint density at radius 1 is 1.21 bits per heavy atom. The fourth-order valence-electron chi connectivity index (χ4n) is 2.92. The lowest BCUT2D eigenvalue weighted by Gasteiger charge is -2.30. The van der Waals surface area contributed by atoms with E-state index in [2.05, 4.69) is 15.3 Å². The quantitative estimate of drug-likeness (QED) is 0.933. The Balaban J connectivity index is 1.56. The number of nitrogens with one attached hydrogen (secondary N) is 1. The number of aryl methyl sites for hydroxylation is 2. The second kappa shape index (κ2) is 6.82. The highest BCUT2D eigenvalue weighted by Crippen LogP contribution is 2.22. The number of likely N-dealkylation sites (tertiary alicyclic amines) is 1. The molecule has 0 aliphatic carbocycles. The highest BCUT2D eigenvalue weighted by Gasteiger charge is 2.30. The van der Waals surface area contributed by atoms with Crippen LogP contribution < -0.4 is 5.32 Å². The zero-order chi connectivity index (χ0) is 17.1. The Bertz CT molecular complexity index is 734. The average Bonchev–Trinajstić information content (AvgIpc) is 2.93. The number of amides is 2. The van der Waals surface area contributed by atoms with E-state index in [4.69, 9.17) is 4.42 Å². The molecule has 7 nitrogen and oxygen atoms in total.